The molecule has 2 aromatic heterocycles. The van der Waals surface area contributed by atoms with E-state index in [2.05, 4.69) is 54.1 Å². The van der Waals surface area contributed by atoms with Gasteiger partial charge in [0.05, 0.1) is 10.2 Å². The molecule has 23 heavy (non-hydrogen) atoms. The molecular formula is C19H20N2OS. The highest BCUT2D eigenvalue weighted by Crippen LogP contribution is 2.30. The summed E-state index contributed by atoms with van der Waals surface area (Å²) in [7, 11) is 0. The summed E-state index contributed by atoms with van der Waals surface area (Å²) in [5, 5.41) is 3.12. The van der Waals surface area contributed by atoms with Crippen molar-refractivity contribution in [3.8, 4) is 0 Å². The number of hydrogen-bond acceptors (Lipinski definition) is 2. The summed E-state index contributed by atoms with van der Waals surface area (Å²) in [5.74, 6) is 0.0567. The molecular weight excluding hydrogens is 304 g/mol. The van der Waals surface area contributed by atoms with E-state index in [1.807, 2.05) is 6.07 Å². The molecule has 4 rings (SSSR count). The molecule has 1 aliphatic carbocycles. The number of rotatable bonds is 4. The van der Waals surface area contributed by atoms with Crippen LogP contribution in [0.5, 0.6) is 0 Å². The van der Waals surface area contributed by atoms with Gasteiger partial charge in [-0.25, -0.2) is 0 Å². The average molecular weight is 324 g/mol. The Morgan fingerprint density at radius 3 is 2.83 bits per heavy atom. The minimum atomic E-state index is 0.0567. The van der Waals surface area contributed by atoms with E-state index in [1.165, 1.54) is 20.7 Å². The van der Waals surface area contributed by atoms with E-state index in [-0.39, 0.29) is 5.91 Å². The predicted octanol–water partition coefficient (Wildman–Crippen LogP) is 4.26. The molecule has 3 nitrogen and oxygen atoms in total. The smallest absolute Gasteiger partial charge is 0.268 e. The first-order chi connectivity index (χ1) is 11.1. The zero-order valence-electron chi connectivity index (χ0n) is 13.4. The Bertz CT molecular complexity index is 886. The Kier molecular flexibility index (Phi) is 3.49. The number of nitrogens with zero attached hydrogens (tertiary/aromatic N) is 1. The molecule has 118 valence electrons. The maximum absolute atomic E-state index is 12.6. The second-order valence-corrected chi connectivity index (χ2v) is 7.75. The molecule has 1 N–H and O–H groups in total. The predicted molar refractivity (Wildman–Crippen MR) is 95.3 cm³/mol. The number of thiophene rings is 1. The molecule has 0 saturated heterocycles. The summed E-state index contributed by atoms with van der Waals surface area (Å²) < 4.78 is 3.35. The summed E-state index contributed by atoms with van der Waals surface area (Å²) in [4.78, 5) is 13.9. The highest BCUT2D eigenvalue weighted by atomic mass is 32.1. The summed E-state index contributed by atoms with van der Waals surface area (Å²) in [5.41, 5.74) is 4.41. The maximum Gasteiger partial charge on any atom is 0.268 e. The standard InChI is InChI=1S/C19H20N2OS/c1-12-4-3-5-14(8-12)11-21-16-9-13(2)23-18(16)10-17(21)19(22)20-15-6-7-15/h3-5,8-10,15H,6-7,11H2,1-2H3,(H,20,22). The lowest BCUT2D eigenvalue weighted by Crippen LogP contribution is -2.27. The Balaban J connectivity index is 1.75. The first-order valence-corrected chi connectivity index (χ1v) is 8.88. The molecule has 0 radical (unpaired) electrons. The van der Waals surface area contributed by atoms with E-state index in [9.17, 15) is 4.79 Å². The van der Waals surface area contributed by atoms with Crippen molar-refractivity contribution < 1.29 is 4.79 Å². The highest BCUT2D eigenvalue weighted by molar-refractivity contribution is 7.19. The largest absolute Gasteiger partial charge is 0.348 e. The van der Waals surface area contributed by atoms with Crippen LogP contribution < -0.4 is 5.32 Å². The molecule has 0 unspecified atom stereocenters. The topological polar surface area (TPSA) is 34.0 Å². The SMILES string of the molecule is Cc1cccc(Cn2c(C(=O)NC3CC3)cc3sc(C)cc32)c1. The van der Waals surface area contributed by atoms with Gasteiger partial charge >= 0.3 is 0 Å². The van der Waals surface area contributed by atoms with Crippen LogP contribution in [0, 0.1) is 13.8 Å². The second-order valence-electron chi connectivity index (χ2n) is 6.46. The summed E-state index contributed by atoms with van der Waals surface area (Å²) >= 11 is 1.75. The van der Waals surface area contributed by atoms with Crippen molar-refractivity contribution >= 4 is 27.5 Å². The van der Waals surface area contributed by atoms with Crippen molar-refractivity contribution in [1.29, 1.82) is 0 Å². The quantitative estimate of drug-likeness (QED) is 0.764. The third-order valence-electron chi connectivity index (χ3n) is 4.28. The van der Waals surface area contributed by atoms with E-state index < -0.39 is 0 Å². The van der Waals surface area contributed by atoms with Gasteiger partial charge in [-0.2, -0.15) is 0 Å². The van der Waals surface area contributed by atoms with Crippen molar-refractivity contribution in [3.05, 3.63) is 58.1 Å². The maximum atomic E-state index is 12.6. The van der Waals surface area contributed by atoms with Gasteiger partial charge in [0.15, 0.2) is 0 Å². The van der Waals surface area contributed by atoms with Gasteiger partial charge in [-0.3, -0.25) is 4.79 Å². The Hall–Kier alpha value is -2.07. The van der Waals surface area contributed by atoms with E-state index in [4.69, 9.17) is 0 Å². The lowest BCUT2D eigenvalue weighted by atomic mass is 10.1. The zero-order chi connectivity index (χ0) is 16.0. The zero-order valence-corrected chi connectivity index (χ0v) is 14.2. The second kappa shape index (κ2) is 5.53. The van der Waals surface area contributed by atoms with E-state index >= 15 is 0 Å². The van der Waals surface area contributed by atoms with Crippen LogP contribution in [0.4, 0.5) is 0 Å². The van der Waals surface area contributed by atoms with Gasteiger partial charge in [0, 0.05) is 17.5 Å². The number of hydrogen-bond donors (Lipinski definition) is 1. The van der Waals surface area contributed by atoms with Gasteiger partial charge in [-0.15, -0.1) is 11.3 Å². The van der Waals surface area contributed by atoms with E-state index in [0.717, 1.165) is 30.6 Å². The summed E-state index contributed by atoms with van der Waals surface area (Å²) in [6.45, 7) is 4.95. The molecule has 0 aliphatic heterocycles. The molecule has 0 atom stereocenters. The number of benzene rings is 1. The molecule has 1 saturated carbocycles. The van der Waals surface area contributed by atoms with Crippen LogP contribution in [0.25, 0.3) is 10.2 Å². The Morgan fingerprint density at radius 1 is 1.26 bits per heavy atom. The molecule has 1 fully saturated rings. The van der Waals surface area contributed by atoms with Crippen molar-refractivity contribution in [2.75, 3.05) is 0 Å². The fourth-order valence-corrected chi connectivity index (χ4v) is 3.97. The van der Waals surface area contributed by atoms with Gasteiger partial charge in [-0.1, -0.05) is 29.8 Å². The third kappa shape index (κ3) is 2.91. The summed E-state index contributed by atoms with van der Waals surface area (Å²) in [6.07, 6.45) is 2.22. The van der Waals surface area contributed by atoms with Crippen molar-refractivity contribution in [2.45, 2.75) is 39.3 Å². The molecule has 4 heteroatoms. The molecule has 0 spiro atoms. The molecule has 0 bridgehead atoms. The highest BCUT2D eigenvalue weighted by Gasteiger charge is 2.26. The van der Waals surface area contributed by atoms with Crippen LogP contribution in [0.1, 0.15) is 39.3 Å². The number of carbonyl (C=O) groups is 1. The summed E-state index contributed by atoms with van der Waals surface area (Å²) in [6, 6.07) is 13.1. The number of fused-ring (bicyclic) bond motifs is 1. The number of carbonyl (C=O) groups excluding carboxylic acids is 1. The Morgan fingerprint density at radius 2 is 2.09 bits per heavy atom. The molecule has 1 aromatic carbocycles. The number of amides is 1. The van der Waals surface area contributed by atoms with Gasteiger partial charge < -0.3 is 9.88 Å². The fraction of sp³-hybridized carbons (Fsp3) is 0.316. The normalized spacial score (nSPS) is 14.3. The lowest BCUT2D eigenvalue weighted by Gasteiger charge is -2.11. The van der Waals surface area contributed by atoms with Crippen molar-refractivity contribution in [2.24, 2.45) is 0 Å². The molecule has 3 aromatic rings. The average Bonchev–Trinajstić information content (AvgIpc) is 3.15. The van der Waals surface area contributed by atoms with E-state index in [1.54, 1.807) is 11.3 Å². The van der Waals surface area contributed by atoms with Gasteiger partial charge in [-0.05, 0) is 44.4 Å². The van der Waals surface area contributed by atoms with Crippen LogP contribution in [0.15, 0.2) is 36.4 Å². The van der Waals surface area contributed by atoms with Gasteiger partial charge in [0.1, 0.15) is 5.69 Å². The van der Waals surface area contributed by atoms with Crippen molar-refractivity contribution in [3.63, 3.8) is 0 Å². The van der Waals surface area contributed by atoms with Crippen LogP contribution in [0.2, 0.25) is 0 Å². The van der Waals surface area contributed by atoms with E-state index in [0.29, 0.717) is 6.04 Å². The lowest BCUT2D eigenvalue weighted by molar-refractivity contribution is 0.0942. The van der Waals surface area contributed by atoms with Crippen LogP contribution in [-0.2, 0) is 6.54 Å². The minimum Gasteiger partial charge on any atom is -0.348 e. The number of aryl methyl sites for hydroxylation is 2. The van der Waals surface area contributed by atoms with Gasteiger partial charge in [0.2, 0.25) is 0 Å². The van der Waals surface area contributed by atoms with Gasteiger partial charge in [0.25, 0.3) is 5.91 Å². The number of nitrogens with one attached hydrogen (secondary N) is 1. The van der Waals surface area contributed by atoms with Crippen LogP contribution >= 0.6 is 11.3 Å². The fourth-order valence-electron chi connectivity index (χ4n) is 3.00. The first kappa shape index (κ1) is 14.5. The monoisotopic (exact) mass is 324 g/mol. The molecule has 2 heterocycles. The first-order valence-electron chi connectivity index (χ1n) is 8.06. The Labute approximate surface area is 139 Å². The minimum absolute atomic E-state index is 0.0567. The van der Waals surface area contributed by atoms with Crippen molar-refractivity contribution in [1.82, 2.24) is 9.88 Å². The van der Waals surface area contributed by atoms with Crippen LogP contribution in [-0.4, -0.2) is 16.5 Å². The third-order valence-corrected chi connectivity index (χ3v) is 5.27. The number of aromatic nitrogens is 1. The molecule has 1 amide bonds. The van der Waals surface area contributed by atoms with Crippen LogP contribution in [0.3, 0.4) is 0 Å². The molecule has 1 aliphatic rings.